The highest BCUT2D eigenvalue weighted by Gasteiger charge is 2.16. The van der Waals surface area contributed by atoms with Gasteiger partial charge in [0.15, 0.2) is 0 Å². The summed E-state index contributed by atoms with van der Waals surface area (Å²) in [5.41, 5.74) is 2.67. The zero-order valence-electron chi connectivity index (χ0n) is 9.66. The zero-order chi connectivity index (χ0) is 12.4. The van der Waals surface area contributed by atoms with Crippen LogP contribution in [0.2, 0.25) is 0 Å². The fourth-order valence-corrected chi connectivity index (χ4v) is 1.70. The highest BCUT2D eigenvalue weighted by molar-refractivity contribution is 5.67. The van der Waals surface area contributed by atoms with E-state index in [4.69, 9.17) is 5.26 Å². The van der Waals surface area contributed by atoms with E-state index in [1.807, 2.05) is 13.8 Å². The quantitative estimate of drug-likeness (QED) is 0.859. The van der Waals surface area contributed by atoms with Crippen LogP contribution in [0.1, 0.15) is 31.0 Å². The summed E-state index contributed by atoms with van der Waals surface area (Å²) in [4.78, 5) is 0. The molecule has 2 aromatic rings. The van der Waals surface area contributed by atoms with E-state index in [-0.39, 0.29) is 11.7 Å². The number of aromatic nitrogens is 2. The van der Waals surface area contributed by atoms with Crippen molar-refractivity contribution in [1.82, 2.24) is 10.2 Å². The molecule has 0 saturated carbocycles. The van der Waals surface area contributed by atoms with Crippen LogP contribution in [0.4, 0.5) is 4.39 Å². The largest absolute Gasteiger partial charge is 0.280 e. The molecule has 0 aliphatic carbocycles. The number of benzene rings is 1. The molecule has 0 bridgehead atoms. The number of H-pyrrole nitrogens is 1. The summed E-state index contributed by atoms with van der Waals surface area (Å²) in [6.45, 7) is 3.98. The summed E-state index contributed by atoms with van der Waals surface area (Å²) in [7, 11) is 0. The van der Waals surface area contributed by atoms with Gasteiger partial charge >= 0.3 is 0 Å². The molecular weight excluding hydrogens is 217 g/mol. The van der Waals surface area contributed by atoms with Gasteiger partial charge in [0.1, 0.15) is 23.1 Å². The molecule has 3 nitrogen and oxygen atoms in total. The van der Waals surface area contributed by atoms with Gasteiger partial charge in [0, 0.05) is 5.56 Å². The summed E-state index contributed by atoms with van der Waals surface area (Å²) >= 11 is 0. The SMILES string of the molecule is CC(C)c1[nH]nc(-c2ccc(F)cc2)c1C#N. The lowest BCUT2D eigenvalue weighted by Crippen LogP contribution is -1.91. The number of nitriles is 1. The Morgan fingerprint density at radius 3 is 2.47 bits per heavy atom. The first-order valence-corrected chi connectivity index (χ1v) is 5.37. The maximum Gasteiger partial charge on any atom is 0.123 e. The van der Waals surface area contributed by atoms with Gasteiger partial charge in [-0.15, -0.1) is 0 Å². The molecule has 0 radical (unpaired) electrons. The lowest BCUT2D eigenvalue weighted by atomic mass is 10.0. The molecule has 0 atom stereocenters. The molecule has 17 heavy (non-hydrogen) atoms. The molecule has 0 aliphatic rings. The zero-order valence-corrected chi connectivity index (χ0v) is 9.66. The predicted molar refractivity (Wildman–Crippen MR) is 62.8 cm³/mol. The lowest BCUT2D eigenvalue weighted by Gasteiger charge is -2.01. The second-order valence-electron chi connectivity index (χ2n) is 4.13. The topological polar surface area (TPSA) is 52.5 Å². The minimum absolute atomic E-state index is 0.200. The molecular formula is C13H12FN3. The number of hydrogen-bond acceptors (Lipinski definition) is 2. The van der Waals surface area contributed by atoms with E-state index >= 15 is 0 Å². The Labute approximate surface area is 98.9 Å². The number of rotatable bonds is 2. The fourth-order valence-electron chi connectivity index (χ4n) is 1.70. The van der Waals surface area contributed by atoms with Gasteiger partial charge in [0.05, 0.1) is 5.69 Å². The van der Waals surface area contributed by atoms with Crippen molar-refractivity contribution in [1.29, 1.82) is 5.26 Å². The first kappa shape index (κ1) is 11.3. The van der Waals surface area contributed by atoms with E-state index in [1.165, 1.54) is 12.1 Å². The molecule has 4 heteroatoms. The number of aromatic amines is 1. The van der Waals surface area contributed by atoms with Crippen molar-refractivity contribution in [2.75, 3.05) is 0 Å². The van der Waals surface area contributed by atoms with Crippen molar-refractivity contribution in [3.05, 3.63) is 41.3 Å². The number of halogens is 1. The molecule has 1 aromatic heterocycles. The Hall–Kier alpha value is -2.15. The minimum atomic E-state index is -0.299. The first-order valence-electron chi connectivity index (χ1n) is 5.37. The first-order chi connectivity index (χ1) is 8.13. The molecule has 0 unspecified atom stereocenters. The minimum Gasteiger partial charge on any atom is -0.280 e. The van der Waals surface area contributed by atoms with Gasteiger partial charge in [-0.05, 0) is 30.2 Å². The van der Waals surface area contributed by atoms with E-state index in [9.17, 15) is 4.39 Å². The third-order valence-electron chi connectivity index (χ3n) is 2.60. The van der Waals surface area contributed by atoms with Gasteiger partial charge < -0.3 is 0 Å². The second kappa shape index (κ2) is 4.38. The van der Waals surface area contributed by atoms with E-state index in [1.54, 1.807) is 12.1 Å². The van der Waals surface area contributed by atoms with Crippen molar-refractivity contribution in [2.45, 2.75) is 19.8 Å². The van der Waals surface area contributed by atoms with E-state index in [0.717, 1.165) is 11.3 Å². The maximum atomic E-state index is 12.8. The third kappa shape index (κ3) is 2.04. The highest BCUT2D eigenvalue weighted by atomic mass is 19.1. The van der Waals surface area contributed by atoms with E-state index < -0.39 is 0 Å². The molecule has 2 rings (SSSR count). The maximum absolute atomic E-state index is 12.8. The van der Waals surface area contributed by atoms with E-state index in [2.05, 4.69) is 16.3 Å². The molecule has 0 spiro atoms. The third-order valence-corrected chi connectivity index (χ3v) is 2.60. The monoisotopic (exact) mass is 229 g/mol. The number of nitrogens with zero attached hydrogens (tertiary/aromatic N) is 2. The summed E-state index contributed by atoms with van der Waals surface area (Å²) in [5.74, 6) is -0.0989. The predicted octanol–water partition coefficient (Wildman–Crippen LogP) is 3.21. The molecule has 0 amide bonds. The van der Waals surface area contributed by atoms with Gasteiger partial charge in [-0.3, -0.25) is 5.10 Å². The van der Waals surface area contributed by atoms with Gasteiger partial charge in [0.2, 0.25) is 0 Å². The molecule has 86 valence electrons. The summed E-state index contributed by atoms with van der Waals surface area (Å²) < 4.78 is 12.8. The van der Waals surface area contributed by atoms with Gasteiger partial charge in [-0.1, -0.05) is 13.8 Å². The van der Waals surface area contributed by atoms with Crippen LogP contribution in [0.15, 0.2) is 24.3 Å². The van der Waals surface area contributed by atoms with Crippen LogP contribution in [0.25, 0.3) is 11.3 Å². The van der Waals surface area contributed by atoms with E-state index in [0.29, 0.717) is 11.3 Å². The Kier molecular flexibility index (Phi) is 2.92. The normalized spacial score (nSPS) is 10.5. The van der Waals surface area contributed by atoms with Crippen molar-refractivity contribution < 1.29 is 4.39 Å². The van der Waals surface area contributed by atoms with Crippen molar-refractivity contribution in [3.8, 4) is 17.3 Å². The van der Waals surface area contributed by atoms with Crippen LogP contribution in [-0.4, -0.2) is 10.2 Å². The average molecular weight is 229 g/mol. The number of nitrogens with one attached hydrogen (secondary N) is 1. The summed E-state index contributed by atoms with van der Waals surface area (Å²) in [6, 6.07) is 8.12. The van der Waals surface area contributed by atoms with Crippen LogP contribution >= 0.6 is 0 Å². The molecule has 1 heterocycles. The van der Waals surface area contributed by atoms with Crippen LogP contribution in [0.5, 0.6) is 0 Å². The van der Waals surface area contributed by atoms with Crippen molar-refractivity contribution >= 4 is 0 Å². The van der Waals surface area contributed by atoms with Crippen molar-refractivity contribution in [3.63, 3.8) is 0 Å². The van der Waals surface area contributed by atoms with Crippen LogP contribution < -0.4 is 0 Å². The summed E-state index contributed by atoms with van der Waals surface area (Å²) in [5, 5.41) is 16.2. The number of hydrogen-bond donors (Lipinski definition) is 1. The Morgan fingerprint density at radius 2 is 1.94 bits per heavy atom. The smallest absolute Gasteiger partial charge is 0.123 e. The van der Waals surface area contributed by atoms with Gasteiger partial charge in [-0.2, -0.15) is 10.4 Å². The standard InChI is InChI=1S/C13H12FN3/c1-8(2)12-11(7-15)13(17-16-12)9-3-5-10(14)6-4-9/h3-6,8H,1-2H3,(H,16,17). The molecule has 1 N–H and O–H groups in total. The second-order valence-corrected chi connectivity index (χ2v) is 4.13. The van der Waals surface area contributed by atoms with Gasteiger partial charge in [0.25, 0.3) is 0 Å². The van der Waals surface area contributed by atoms with Crippen LogP contribution in [-0.2, 0) is 0 Å². The molecule has 1 aromatic carbocycles. The molecule has 0 fully saturated rings. The highest BCUT2D eigenvalue weighted by Crippen LogP contribution is 2.27. The lowest BCUT2D eigenvalue weighted by molar-refractivity contribution is 0.628. The Balaban J connectivity index is 2.53. The van der Waals surface area contributed by atoms with Crippen molar-refractivity contribution in [2.24, 2.45) is 0 Å². The molecule has 0 aliphatic heterocycles. The van der Waals surface area contributed by atoms with Crippen LogP contribution in [0.3, 0.4) is 0 Å². The molecule has 0 saturated heterocycles. The Bertz CT molecular complexity index is 561. The van der Waals surface area contributed by atoms with Gasteiger partial charge in [-0.25, -0.2) is 4.39 Å². The average Bonchev–Trinajstić information content (AvgIpc) is 2.73. The summed E-state index contributed by atoms with van der Waals surface area (Å²) in [6.07, 6.45) is 0. The Morgan fingerprint density at radius 1 is 1.29 bits per heavy atom. The van der Waals surface area contributed by atoms with Crippen LogP contribution in [0, 0.1) is 17.1 Å². The fraction of sp³-hybridized carbons (Fsp3) is 0.231.